The van der Waals surface area contributed by atoms with Gasteiger partial charge in [-0.1, -0.05) is 36.4 Å². The number of aliphatic hydroxyl groups is 1. The maximum atomic E-state index is 14.2. The van der Waals surface area contributed by atoms with Gasteiger partial charge >= 0.3 is 0 Å². The Hall–Kier alpha value is -3.49. The Balaban J connectivity index is 1.38. The molecule has 34 heavy (non-hydrogen) atoms. The van der Waals surface area contributed by atoms with Crippen LogP contribution in [0.1, 0.15) is 15.9 Å². The molecule has 2 N–H and O–H groups in total. The highest BCUT2D eigenvalue weighted by Gasteiger charge is 2.19. The van der Waals surface area contributed by atoms with Crippen molar-refractivity contribution in [2.45, 2.75) is 0 Å². The van der Waals surface area contributed by atoms with E-state index in [9.17, 15) is 9.18 Å². The third-order valence-electron chi connectivity index (χ3n) is 5.70. The van der Waals surface area contributed by atoms with Gasteiger partial charge in [0.05, 0.1) is 45.2 Å². The number of Topliss-reactive ketones (excluding diaryl/α,β-unsaturated/α-hetero) is 1. The standard InChI is InChI=1S/C26H29FN4O3/c27-22-7-4-8-23-26(22)21(17-29-23)25(33)19-31-12-10-30(11-13-31)18-24(20-5-2-1-3-6-20)28-9-15-34-16-14-32/h1-8,10,12,17,29,32H,9,11,13-16,18-19H2. The zero-order valence-corrected chi connectivity index (χ0v) is 19.0. The van der Waals surface area contributed by atoms with Crippen molar-refractivity contribution < 1.29 is 19.0 Å². The number of ketones is 1. The van der Waals surface area contributed by atoms with Crippen LogP contribution in [-0.4, -0.2) is 83.9 Å². The Morgan fingerprint density at radius 2 is 1.79 bits per heavy atom. The summed E-state index contributed by atoms with van der Waals surface area (Å²) in [7, 11) is 0. The molecule has 8 heteroatoms. The van der Waals surface area contributed by atoms with E-state index in [0.717, 1.165) is 17.8 Å². The monoisotopic (exact) mass is 464 g/mol. The Morgan fingerprint density at radius 3 is 2.53 bits per heavy atom. The van der Waals surface area contributed by atoms with Crippen molar-refractivity contribution in [3.63, 3.8) is 0 Å². The van der Waals surface area contributed by atoms with Gasteiger partial charge in [-0.3, -0.25) is 9.79 Å². The molecule has 4 rings (SSSR count). The van der Waals surface area contributed by atoms with Crippen LogP contribution in [0.5, 0.6) is 0 Å². The lowest BCUT2D eigenvalue weighted by Gasteiger charge is -2.31. The van der Waals surface area contributed by atoms with Gasteiger partial charge in [-0.05, 0) is 17.7 Å². The van der Waals surface area contributed by atoms with E-state index in [1.165, 1.54) is 6.07 Å². The van der Waals surface area contributed by atoms with E-state index in [1.54, 1.807) is 18.3 Å². The molecule has 0 aliphatic carbocycles. The average Bonchev–Trinajstić information content (AvgIpc) is 3.31. The van der Waals surface area contributed by atoms with E-state index in [1.807, 2.05) is 47.6 Å². The maximum Gasteiger partial charge on any atom is 0.184 e. The molecule has 0 spiro atoms. The van der Waals surface area contributed by atoms with Crippen LogP contribution in [0.15, 0.2) is 72.1 Å². The van der Waals surface area contributed by atoms with Crippen LogP contribution in [0.3, 0.4) is 0 Å². The first kappa shape index (κ1) is 23.7. The van der Waals surface area contributed by atoms with Crippen LogP contribution in [0.25, 0.3) is 10.9 Å². The zero-order chi connectivity index (χ0) is 23.8. The van der Waals surface area contributed by atoms with Crippen molar-refractivity contribution in [3.8, 4) is 0 Å². The first-order valence-electron chi connectivity index (χ1n) is 11.4. The Kier molecular flexibility index (Phi) is 8.06. The number of rotatable bonds is 11. The average molecular weight is 465 g/mol. The molecule has 0 radical (unpaired) electrons. The van der Waals surface area contributed by atoms with Crippen LogP contribution < -0.4 is 0 Å². The minimum atomic E-state index is -0.392. The number of aromatic amines is 1. The molecule has 178 valence electrons. The summed E-state index contributed by atoms with van der Waals surface area (Å²) in [6, 6.07) is 14.8. The summed E-state index contributed by atoms with van der Waals surface area (Å²) in [4.78, 5) is 24.7. The lowest BCUT2D eigenvalue weighted by Crippen LogP contribution is -2.39. The number of nitrogens with one attached hydrogen (secondary N) is 1. The number of halogens is 1. The molecule has 7 nitrogen and oxygen atoms in total. The second-order valence-corrected chi connectivity index (χ2v) is 8.06. The fourth-order valence-corrected chi connectivity index (χ4v) is 3.96. The van der Waals surface area contributed by atoms with Crippen LogP contribution in [0, 0.1) is 5.82 Å². The van der Waals surface area contributed by atoms with Gasteiger partial charge in [0.1, 0.15) is 5.82 Å². The molecule has 1 aliphatic heterocycles. The number of carbonyl (C=O) groups excluding carboxylic acids is 1. The third-order valence-corrected chi connectivity index (χ3v) is 5.70. The number of aliphatic imine (C=N–C) groups is 1. The SMILES string of the molecule is O=C(CN1C=CN(CC(=NCCOCCO)c2ccccc2)CC1)c1c[nH]c2cccc(F)c12. The maximum absolute atomic E-state index is 14.2. The summed E-state index contributed by atoms with van der Waals surface area (Å²) in [5, 5.41) is 9.19. The third kappa shape index (κ3) is 5.89. The molecular formula is C26H29FN4O3. The predicted molar refractivity (Wildman–Crippen MR) is 131 cm³/mol. The van der Waals surface area contributed by atoms with Gasteiger partial charge in [0, 0.05) is 48.2 Å². The van der Waals surface area contributed by atoms with Crippen molar-refractivity contribution in [2.24, 2.45) is 4.99 Å². The number of fused-ring (bicyclic) bond motifs is 1. The van der Waals surface area contributed by atoms with Crippen molar-refractivity contribution in [2.75, 3.05) is 52.5 Å². The quantitative estimate of drug-likeness (QED) is 0.259. The molecule has 2 aromatic carbocycles. The number of carbonyl (C=O) groups is 1. The lowest BCUT2D eigenvalue weighted by atomic mass is 10.1. The molecule has 0 atom stereocenters. The number of H-pyrrole nitrogens is 1. The summed E-state index contributed by atoms with van der Waals surface area (Å²) >= 11 is 0. The highest BCUT2D eigenvalue weighted by Crippen LogP contribution is 2.22. The minimum absolute atomic E-state index is 0.00206. The summed E-state index contributed by atoms with van der Waals surface area (Å²) in [6.45, 7) is 3.52. The summed E-state index contributed by atoms with van der Waals surface area (Å²) in [5.41, 5.74) is 3.01. The van der Waals surface area contributed by atoms with Gasteiger partial charge < -0.3 is 24.6 Å². The van der Waals surface area contributed by atoms with Crippen molar-refractivity contribution >= 4 is 22.4 Å². The van der Waals surface area contributed by atoms with Crippen LogP contribution >= 0.6 is 0 Å². The number of aliphatic hydroxyl groups excluding tert-OH is 1. The minimum Gasteiger partial charge on any atom is -0.394 e. The predicted octanol–water partition coefficient (Wildman–Crippen LogP) is 3.08. The molecule has 3 aromatic rings. The Morgan fingerprint density at radius 1 is 1.03 bits per heavy atom. The molecule has 1 aliphatic rings. The van der Waals surface area contributed by atoms with Gasteiger partial charge in [0.15, 0.2) is 5.78 Å². The van der Waals surface area contributed by atoms with Gasteiger partial charge in [0.2, 0.25) is 0 Å². The summed E-state index contributed by atoms with van der Waals surface area (Å²) < 4.78 is 19.6. The number of aromatic nitrogens is 1. The zero-order valence-electron chi connectivity index (χ0n) is 19.0. The Bertz CT molecular complexity index is 1160. The van der Waals surface area contributed by atoms with Crippen LogP contribution in [-0.2, 0) is 4.74 Å². The van der Waals surface area contributed by atoms with Crippen molar-refractivity contribution in [1.82, 2.24) is 14.8 Å². The van der Waals surface area contributed by atoms with E-state index in [4.69, 9.17) is 14.8 Å². The molecule has 0 bridgehead atoms. The first-order chi connectivity index (χ1) is 16.7. The number of benzene rings is 2. The van der Waals surface area contributed by atoms with Crippen LogP contribution in [0.2, 0.25) is 0 Å². The highest BCUT2D eigenvalue weighted by atomic mass is 19.1. The lowest BCUT2D eigenvalue weighted by molar-refractivity contribution is 0.0948. The summed E-state index contributed by atoms with van der Waals surface area (Å²) in [6.07, 6.45) is 5.45. The molecular weight excluding hydrogens is 435 g/mol. The molecule has 1 aromatic heterocycles. The number of hydrogen-bond acceptors (Lipinski definition) is 6. The second-order valence-electron chi connectivity index (χ2n) is 8.06. The van der Waals surface area contributed by atoms with Gasteiger partial charge in [-0.15, -0.1) is 0 Å². The molecule has 0 unspecified atom stereocenters. The largest absolute Gasteiger partial charge is 0.394 e. The fourth-order valence-electron chi connectivity index (χ4n) is 3.96. The van der Waals surface area contributed by atoms with E-state index < -0.39 is 5.82 Å². The van der Waals surface area contributed by atoms with E-state index in [-0.39, 0.29) is 18.9 Å². The topological polar surface area (TPSA) is 81.2 Å². The highest BCUT2D eigenvalue weighted by molar-refractivity contribution is 6.09. The van der Waals surface area contributed by atoms with Crippen molar-refractivity contribution in [1.29, 1.82) is 0 Å². The number of nitrogens with zero attached hydrogens (tertiary/aromatic N) is 3. The molecule has 0 amide bonds. The molecule has 0 saturated carbocycles. The van der Waals surface area contributed by atoms with Gasteiger partial charge in [-0.2, -0.15) is 0 Å². The van der Waals surface area contributed by atoms with Gasteiger partial charge in [0.25, 0.3) is 0 Å². The van der Waals surface area contributed by atoms with E-state index >= 15 is 0 Å². The number of ether oxygens (including phenoxy) is 1. The molecule has 0 saturated heterocycles. The van der Waals surface area contributed by atoms with Crippen molar-refractivity contribution in [3.05, 3.63) is 84.1 Å². The molecule has 2 heterocycles. The van der Waals surface area contributed by atoms with Gasteiger partial charge in [-0.25, -0.2) is 4.39 Å². The van der Waals surface area contributed by atoms with E-state index in [2.05, 4.69) is 9.88 Å². The first-order valence-corrected chi connectivity index (χ1v) is 11.4. The fraction of sp³-hybridized carbons (Fsp3) is 0.308. The van der Waals surface area contributed by atoms with Crippen LogP contribution in [0.4, 0.5) is 4.39 Å². The Labute approximate surface area is 198 Å². The smallest absolute Gasteiger partial charge is 0.184 e. The number of hydrogen-bond donors (Lipinski definition) is 2. The summed E-state index contributed by atoms with van der Waals surface area (Å²) in [5.74, 6) is -0.513. The second kappa shape index (κ2) is 11.6. The normalized spacial score (nSPS) is 14.2. The molecule has 0 fully saturated rings. The van der Waals surface area contributed by atoms with E-state index in [0.29, 0.717) is 49.3 Å².